The van der Waals surface area contributed by atoms with Crippen LogP contribution in [0.5, 0.6) is 0 Å². The van der Waals surface area contributed by atoms with Gasteiger partial charge in [-0.2, -0.15) is 9.78 Å². The average Bonchev–Trinajstić information content (AvgIpc) is 3.00. The summed E-state index contributed by atoms with van der Waals surface area (Å²) in [4.78, 5) is 22.4. The fraction of sp³-hybridized carbons (Fsp3) is 0.217. The number of para-hydroxylation sites is 2. The molecule has 2 aromatic heterocycles. The van der Waals surface area contributed by atoms with Crippen molar-refractivity contribution in [2.45, 2.75) is 33.2 Å². The van der Waals surface area contributed by atoms with Crippen molar-refractivity contribution < 1.29 is 4.79 Å². The Morgan fingerprint density at radius 1 is 1.20 bits per heavy atom. The van der Waals surface area contributed by atoms with E-state index in [1.54, 1.807) is 6.21 Å². The number of nitrogens with one attached hydrogen (secondary N) is 1. The highest BCUT2D eigenvalue weighted by atomic mass is 16.1. The van der Waals surface area contributed by atoms with Crippen molar-refractivity contribution in [3.8, 4) is 0 Å². The summed E-state index contributed by atoms with van der Waals surface area (Å²) < 4.78 is 1.49. The molecule has 0 aliphatic rings. The summed E-state index contributed by atoms with van der Waals surface area (Å²) in [5.41, 5.74) is 11.0. The Labute approximate surface area is 174 Å². The number of hydrogen-bond acceptors (Lipinski definition) is 5. The van der Waals surface area contributed by atoms with Crippen molar-refractivity contribution >= 4 is 40.1 Å². The lowest BCUT2D eigenvalue weighted by molar-refractivity contribution is 0.0941. The van der Waals surface area contributed by atoms with E-state index < -0.39 is 0 Å². The normalized spacial score (nSPS) is 12.6. The van der Waals surface area contributed by atoms with Crippen LogP contribution in [0, 0.1) is 6.92 Å². The smallest absolute Gasteiger partial charge is 0.257 e. The Kier molecular flexibility index (Phi) is 5.18. The van der Waals surface area contributed by atoms with Crippen molar-refractivity contribution in [2.75, 3.05) is 5.73 Å². The fourth-order valence-corrected chi connectivity index (χ4v) is 3.26. The topological polar surface area (TPSA) is 98.2 Å². The van der Waals surface area contributed by atoms with Gasteiger partial charge in [-0.05, 0) is 38.0 Å². The Morgan fingerprint density at radius 3 is 2.63 bits per heavy atom. The standard InChI is InChI=1S/C23H24N6O/c1-4-15(3)26-23(30)19-20-22(28-18-11-6-5-10-17(18)27-20)29(21(19)24)25-13-16-9-7-8-14(2)12-16/h5-13,15H,4,24H2,1-3H3,(H,26,30). The minimum absolute atomic E-state index is 0.0134. The molecule has 0 fully saturated rings. The Balaban J connectivity index is 1.91. The van der Waals surface area contributed by atoms with Crippen LogP contribution in [0.4, 0.5) is 5.82 Å². The molecule has 1 atom stereocenters. The molecule has 1 amide bonds. The van der Waals surface area contributed by atoms with E-state index in [4.69, 9.17) is 10.7 Å². The molecule has 0 saturated carbocycles. The van der Waals surface area contributed by atoms with Crippen LogP contribution in [0.2, 0.25) is 0 Å². The molecular formula is C23H24N6O. The van der Waals surface area contributed by atoms with Gasteiger partial charge in [0.2, 0.25) is 0 Å². The molecule has 30 heavy (non-hydrogen) atoms. The zero-order valence-electron chi connectivity index (χ0n) is 17.3. The SMILES string of the molecule is CCC(C)NC(=O)c1c(N)n(N=Cc2cccc(C)c2)c2nc3ccccc3nc12. The number of aromatic nitrogens is 3. The molecule has 0 saturated heterocycles. The van der Waals surface area contributed by atoms with Crippen LogP contribution < -0.4 is 11.1 Å². The second-order valence-corrected chi connectivity index (χ2v) is 7.40. The van der Waals surface area contributed by atoms with E-state index in [0.717, 1.165) is 17.5 Å². The first-order valence-electron chi connectivity index (χ1n) is 9.96. The molecule has 4 rings (SSSR count). The van der Waals surface area contributed by atoms with Gasteiger partial charge in [-0.3, -0.25) is 4.79 Å². The van der Waals surface area contributed by atoms with E-state index in [9.17, 15) is 4.79 Å². The third kappa shape index (κ3) is 3.61. The molecule has 7 nitrogen and oxygen atoms in total. The summed E-state index contributed by atoms with van der Waals surface area (Å²) >= 11 is 0. The molecule has 1 unspecified atom stereocenters. The van der Waals surface area contributed by atoms with E-state index >= 15 is 0 Å². The summed E-state index contributed by atoms with van der Waals surface area (Å²) in [6, 6.07) is 15.5. The predicted octanol–water partition coefficient (Wildman–Crippen LogP) is 3.89. The van der Waals surface area contributed by atoms with Crippen LogP contribution in [0.1, 0.15) is 41.8 Å². The van der Waals surface area contributed by atoms with Gasteiger partial charge in [-0.1, -0.05) is 48.9 Å². The summed E-state index contributed by atoms with van der Waals surface area (Å²) in [5.74, 6) is -0.0639. The largest absolute Gasteiger partial charge is 0.383 e. The summed E-state index contributed by atoms with van der Waals surface area (Å²) in [6.07, 6.45) is 2.51. The van der Waals surface area contributed by atoms with Gasteiger partial charge in [0, 0.05) is 6.04 Å². The van der Waals surface area contributed by atoms with Crippen molar-refractivity contribution in [1.82, 2.24) is 20.0 Å². The highest BCUT2D eigenvalue weighted by molar-refractivity contribution is 6.10. The highest BCUT2D eigenvalue weighted by Gasteiger charge is 2.24. The Bertz CT molecular complexity index is 1270. The maximum Gasteiger partial charge on any atom is 0.257 e. The summed E-state index contributed by atoms with van der Waals surface area (Å²) in [5, 5.41) is 7.51. The number of nitrogens with zero attached hydrogens (tertiary/aromatic N) is 4. The quantitative estimate of drug-likeness (QED) is 0.497. The van der Waals surface area contributed by atoms with Gasteiger partial charge in [-0.25, -0.2) is 9.97 Å². The summed E-state index contributed by atoms with van der Waals surface area (Å²) in [6.45, 7) is 5.98. The van der Waals surface area contributed by atoms with Gasteiger partial charge < -0.3 is 11.1 Å². The van der Waals surface area contributed by atoms with Gasteiger partial charge in [-0.15, -0.1) is 0 Å². The number of rotatable bonds is 5. The van der Waals surface area contributed by atoms with Crippen molar-refractivity contribution in [2.24, 2.45) is 5.10 Å². The minimum atomic E-state index is -0.277. The number of aryl methyl sites for hydroxylation is 1. The number of nitrogen functional groups attached to an aromatic ring is 1. The van der Waals surface area contributed by atoms with E-state index in [1.807, 2.05) is 69.3 Å². The van der Waals surface area contributed by atoms with Gasteiger partial charge in [0.15, 0.2) is 5.65 Å². The number of fused-ring (bicyclic) bond motifs is 2. The van der Waals surface area contributed by atoms with Gasteiger partial charge >= 0.3 is 0 Å². The first kappa shape index (κ1) is 19.6. The monoisotopic (exact) mass is 400 g/mol. The zero-order valence-corrected chi connectivity index (χ0v) is 17.3. The lowest BCUT2D eigenvalue weighted by atomic mass is 10.2. The Morgan fingerprint density at radius 2 is 1.93 bits per heavy atom. The second-order valence-electron chi connectivity index (χ2n) is 7.40. The van der Waals surface area contributed by atoms with Gasteiger partial charge in [0.25, 0.3) is 5.91 Å². The number of anilines is 1. The highest BCUT2D eigenvalue weighted by Crippen LogP contribution is 2.28. The van der Waals surface area contributed by atoms with Crippen molar-refractivity contribution in [3.63, 3.8) is 0 Å². The van der Waals surface area contributed by atoms with Crippen LogP contribution in [0.15, 0.2) is 53.6 Å². The molecular weight excluding hydrogens is 376 g/mol. The lowest BCUT2D eigenvalue weighted by Gasteiger charge is -2.11. The first-order valence-corrected chi connectivity index (χ1v) is 9.96. The lowest BCUT2D eigenvalue weighted by Crippen LogP contribution is -2.32. The second kappa shape index (κ2) is 7.94. The Hall–Kier alpha value is -3.74. The molecule has 3 N–H and O–H groups in total. The number of carbonyl (C=O) groups is 1. The first-order chi connectivity index (χ1) is 14.5. The van der Waals surface area contributed by atoms with Crippen molar-refractivity contribution in [3.05, 3.63) is 65.2 Å². The van der Waals surface area contributed by atoms with E-state index in [0.29, 0.717) is 27.8 Å². The molecule has 0 radical (unpaired) electrons. The molecule has 2 aromatic carbocycles. The van der Waals surface area contributed by atoms with Crippen LogP contribution in [-0.4, -0.2) is 32.8 Å². The van der Waals surface area contributed by atoms with E-state index in [1.165, 1.54) is 4.68 Å². The summed E-state index contributed by atoms with van der Waals surface area (Å²) in [7, 11) is 0. The van der Waals surface area contributed by atoms with Gasteiger partial charge in [0.05, 0.1) is 17.2 Å². The van der Waals surface area contributed by atoms with E-state index in [-0.39, 0.29) is 17.8 Å². The van der Waals surface area contributed by atoms with Crippen LogP contribution in [0.3, 0.4) is 0 Å². The maximum absolute atomic E-state index is 13.0. The third-order valence-electron chi connectivity index (χ3n) is 5.06. The van der Waals surface area contributed by atoms with Crippen LogP contribution in [0.25, 0.3) is 22.2 Å². The molecule has 0 aliphatic heterocycles. The molecule has 152 valence electrons. The number of amides is 1. The molecule has 4 aromatic rings. The molecule has 0 spiro atoms. The molecule has 0 aliphatic carbocycles. The minimum Gasteiger partial charge on any atom is -0.383 e. The fourth-order valence-electron chi connectivity index (χ4n) is 3.26. The van der Waals surface area contributed by atoms with E-state index in [2.05, 4.69) is 15.4 Å². The number of nitrogens with two attached hydrogens (primary N) is 1. The number of carbonyl (C=O) groups excluding carboxylic acids is 1. The average molecular weight is 400 g/mol. The number of hydrogen-bond donors (Lipinski definition) is 2. The van der Waals surface area contributed by atoms with Crippen molar-refractivity contribution in [1.29, 1.82) is 0 Å². The molecule has 7 heteroatoms. The van der Waals surface area contributed by atoms with Crippen LogP contribution in [-0.2, 0) is 0 Å². The molecule has 0 bridgehead atoms. The zero-order chi connectivity index (χ0) is 21.3. The van der Waals surface area contributed by atoms with Gasteiger partial charge in [0.1, 0.15) is 16.9 Å². The van der Waals surface area contributed by atoms with Crippen LogP contribution >= 0.6 is 0 Å². The maximum atomic E-state index is 13.0. The number of benzene rings is 2. The molecule has 2 heterocycles. The predicted molar refractivity (Wildman–Crippen MR) is 121 cm³/mol. The third-order valence-corrected chi connectivity index (χ3v) is 5.06.